The molecule has 2 rings (SSSR count). The molecule has 0 aromatic heterocycles. The van der Waals surface area contributed by atoms with Crippen LogP contribution < -0.4 is 4.74 Å². The van der Waals surface area contributed by atoms with Crippen LogP contribution in [0.2, 0.25) is 5.02 Å². The Morgan fingerprint density at radius 3 is 3.40 bits per heavy atom. The highest BCUT2D eigenvalue weighted by molar-refractivity contribution is 6.30. The minimum Gasteiger partial charge on any atom is -0.492 e. The van der Waals surface area contributed by atoms with E-state index in [0.717, 1.165) is 23.8 Å². The molecule has 0 spiro atoms. The molecule has 0 amide bonds. The summed E-state index contributed by atoms with van der Waals surface area (Å²) >= 11 is 5.74. The minimum atomic E-state index is 0.740. The number of fused-ring (bicyclic) bond motifs is 1. The first-order valence-corrected chi connectivity index (χ1v) is 3.57. The Labute approximate surface area is 64.6 Å². The predicted octanol–water partition coefficient (Wildman–Crippen LogP) is 2.08. The van der Waals surface area contributed by atoms with E-state index in [4.69, 9.17) is 16.3 Å². The zero-order valence-electron chi connectivity index (χ0n) is 5.36. The molecule has 0 saturated carbocycles. The maximum Gasteiger partial charge on any atom is 0.130 e. The first-order valence-electron chi connectivity index (χ1n) is 3.19. The molecule has 1 radical (unpaired) electrons. The van der Waals surface area contributed by atoms with Crippen LogP contribution in [0.4, 0.5) is 0 Å². The molecule has 1 nitrogen and oxygen atoms in total. The van der Waals surface area contributed by atoms with E-state index in [-0.39, 0.29) is 0 Å². The highest BCUT2D eigenvalue weighted by atomic mass is 35.5. The van der Waals surface area contributed by atoms with E-state index >= 15 is 0 Å². The molecule has 1 heterocycles. The summed E-state index contributed by atoms with van der Waals surface area (Å²) in [6, 6.07) is 6.62. The fraction of sp³-hybridized carbons (Fsp3) is 0.250. The summed E-state index contributed by atoms with van der Waals surface area (Å²) in [7, 11) is 0. The largest absolute Gasteiger partial charge is 0.492 e. The fourth-order valence-corrected chi connectivity index (χ4v) is 1.27. The molecule has 0 saturated heterocycles. The number of rotatable bonds is 0. The molecule has 0 aliphatic carbocycles. The molecule has 10 heavy (non-hydrogen) atoms. The monoisotopic (exact) mass is 153 g/mol. The lowest BCUT2D eigenvalue weighted by Gasteiger charge is -1.95. The van der Waals surface area contributed by atoms with Crippen molar-refractivity contribution in [3.8, 4) is 5.75 Å². The topological polar surface area (TPSA) is 9.23 Å². The number of hydrogen-bond acceptors (Lipinski definition) is 1. The molecule has 0 fully saturated rings. The lowest BCUT2D eigenvalue weighted by Crippen LogP contribution is -1.85. The number of hydrogen-bond donors (Lipinski definition) is 0. The summed E-state index contributed by atoms with van der Waals surface area (Å²) in [6.45, 7) is 0.770. The van der Waals surface area contributed by atoms with Crippen molar-refractivity contribution in [1.29, 1.82) is 0 Å². The van der Waals surface area contributed by atoms with Gasteiger partial charge in [0.1, 0.15) is 5.75 Å². The van der Waals surface area contributed by atoms with Crippen LogP contribution in [0.3, 0.4) is 0 Å². The van der Waals surface area contributed by atoms with E-state index in [1.807, 2.05) is 6.07 Å². The van der Waals surface area contributed by atoms with Crippen LogP contribution in [0.25, 0.3) is 0 Å². The van der Waals surface area contributed by atoms with Gasteiger partial charge in [0.15, 0.2) is 0 Å². The Morgan fingerprint density at radius 2 is 2.50 bits per heavy atom. The van der Waals surface area contributed by atoms with Crippen LogP contribution in [0.5, 0.6) is 5.75 Å². The van der Waals surface area contributed by atoms with Crippen molar-refractivity contribution in [3.05, 3.63) is 28.8 Å². The summed E-state index contributed by atoms with van der Waals surface area (Å²) in [5, 5.41) is 0.740. The van der Waals surface area contributed by atoms with E-state index in [0.29, 0.717) is 0 Å². The van der Waals surface area contributed by atoms with Gasteiger partial charge in [-0.2, -0.15) is 0 Å². The van der Waals surface area contributed by atoms with Gasteiger partial charge >= 0.3 is 0 Å². The maximum atomic E-state index is 5.74. The quantitative estimate of drug-likeness (QED) is 0.555. The van der Waals surface area contributed by atoms with Gasteiger partial charge in [-0.25, -0.2) is 0 Å². The van der Waals surface area contributed by atoms with Crippen molar-refractivity contribution in [2.45, 2.75) is 6.42 Å². The van der Waals surface area contributed by atoms with E-state index in [2.05, 4.69) is 6.07 Å². The van der Waals surface area contributed by atoms with Gasteiger partial charge < -0.3 is 4.74 Å². The van der Waals surface area contributed by atoms with Crippen molar-refractivity contribution in [3.63, 3.8) is 0 Å². The van der Waals surface area contributed by atoms with E-state index < -0.39 is 0 Å². The zero-order valence-corrected chi connectivity index (χ0v) is 6.11. The highest BCUT2D eigenvalue weighted by Gasteiger charge is 2.11. The Kier molecular flexibility index (Phi) is 1.31. The summed E-state index contributed by atoms with van der Waals surface area (Å²) < 4.78 is 5.24. The second kappa shape index (κ2) is 2.17. The van der Waals surface area contributed by atoms with E-state index in [9.17, 15) is 0 Å². The van der Waals surface area contributed by atoms with E-state index in [1.54, 1.807) is 6.07 Å². The SMILES string of the molecule is Clc1c[c]c2c(c1)CCO2. The van der Waals surface area contributed by atoms with Crippen LogP contribution in [0, 0.1) is 6.07 Å². The Balaban J connectivity index is 2.52. The third-order valence-corrected chi connectivity index (χ3v) is 1.78. The first-order chi connectivity index (χ1) is 4.86. The van der Waals surface area contributed by atoms with Crippen LogP contribution in [0.1, 0.15) is 5.56 Å². The van der Waals surface area contributed by atoms with Crippen molar-refractivity contribution in [2.24, 2.45) is 0 Å². The standard InChI is InChI=1S/C8H6ClO/c9-7-1-2-8-6(5-7)3-4-10-8/h1,5H,3-4H2. The Bertz CT molecular complexity index is 257. The van der Waals surface area contributed by atoms with Crippen LogP contribution >= 0.6 is 11.6 Å². The predicted molar refractivity (Wildman–Crippen MR) is 39.5 cm³/mol. The highest BCUT2D eigenvalue weighted by Crippen LogP contribution is 2.26. The fourth-order valence-electron chi connectivity index (χ4n) is 1.08. The summed E-state index contributed by atoms with van der Waals surface area (Å²) in [5.41, 5.74) is 1.17. The molecule has 1 aliphatic rings. The third-order valence-electron chi connectivity index (χ3n) is 1.56. The Hall–Kier alpha value is -0.690. The van der Waals surface area contributed by atoms with Crippen molar-refractivity contribution >= 4 is 11.6 Å². The molecule has 0 unspecified atom stereocenters. The molecule has 1 aromatic carbocycles. The van der Waals surface area contributed by atoms with Gasteiger partial charge in [0.05, 0.1) is 6.61 Å². The van der Waals surface area contributed by atoms with Crippen LogP contribution in [-0.4, -0.2) is 6.61 Å². The van der Waals surface area contributed by atoms with Gasteiger partial charge in [0.25, 0.3) is 0 Å². The molecule has 2 heteroatoms. The van der Waals surface area contributed by atoms with Gasteiger partial charge in [-0.3, -0.25) is 0 Å². The number of halogens is 1. The van der Waals surface area contributed by atoms with Crippen LogP contribution in [-0.2, 0) is 6.42 Å². The third kappa shape index (κ3) is 0.868. The zero-order chi connectivity index (χ0) is 6.97. The molecule has 51 valence electrons. The van der Waals surface area contributed by atoms with Gasteiger partial charge in [0.2, 0.25) is 0 Å². The molecule has 0 atom stereocenters. The second-order valence-corrected chi connectivity index (χ2v) is 2.71. The maximum absolute atomic E-state index is 5.74. The summed E-state index contributed by atoms with van der Waals surface area (Å²) in [4.78, 5) is 0. The molecular formula is C8H6ClO. The van der Waals surface area contributed by atoms with Crippen molar-refractivity contribution in [1.82, 2.24) is 0 Å². The van der Waals surface area contributed by atoms with Gasteiger partial charge in [-0.15, -0.1) is 0 Å². The number of benzene rings is 1. The smallest absolute Gasteiger partial charge is 0.130 e. The average molecular weight is 154 g/mol. The molecule has 0 N–H and O–H groups in total. The van der Waals surface area contributed by atoms with Crippen molar-refractivity contribution in [2.75, 3.05) is 6.61 Å². The summed E-state index contributed by atoms with van der Waals surface area (Å²) in [5.74, 6) is 0.865. The second-order valence-electron chi connectivity index (χ2n) is 2.27. The van der Waals surface area contributed by atoms with Gasteiger partial charge in [-0.05, 0) is 17.7 Å². The minimum absolute atomic E-state index is 0.740. The molecular weight excluding hydrogens is 148 g/mol. The number of ether oxygens (including phenoxy) is 1. The van der Waals surface area contributed by atoms with Crippen LogP contribution in [0.15, 0.2) is 12.1 Å². The van der Waals surface area contributed by atoms with E-state index in [1.165, 1.54) is 5.56 Å². The molecule has 1 aromatic rings. The molecule has 0 bridgehead atoms. The lowest BCUT2D eigenvalue weighted by atomic mass is 10.2. The average Bonchev–Trinajstić information content (AvgIpc) is 2.33. The molecule has 1 aliphatic heterocycles. The first kappa shape index (κ1) is 6.05. The van der Waals surface area contributed by atoms with Gasteiger partial charge in [-0.1, -0.05) is 11.6 Å². The van der Waals surface area contributed by atoms with Crippen molar-refractivity contribution < 1.29 is 4.74 Å². The lowest BCUT2D eigenvalue weighted by molar-refractivity contribution is 0.356. The van der Waals surface area contributed by atoms with Gasteiger partial charge in [0, 0.05) is 17.5 Å². The Morgan fingerprint density at radius 1 is 1.60 bits per heavy atom. The summed E-state index contributed by atoms with van der Waals surface area (Å²) in [6.07, 6.45) is 0.965. The normalized spacial score (nSPS) is 14.5.